The SMILES string of the molecule is CCCN1C(=O)NC(c2cccc(NC(=O)Nc3ccc(OC)cc3OC)c2)C(C(=O)OCC)=C1C. The highest BCUT2D eigenvalue weighted by atomic mass is 16.5. The minimum Gasteiger partial charge on any atom is -0.497 e. The van der Waals surface area contributed by atoms with Gasteiger partial charge < -0.3 is 30.2 Å². The molecule has 1 atom stereocenters. The molecule has 0 aromatic heterocycles. The number of rotatable bonds is 9. The number of nitrogens with one attached hydrogen (secondary N) is 3. The molecule has 1 unspecified atom stereocenters. The zero-order valence-corrected chi connectivity index (χ0v) is 21.1. The lowest BCUT2D eigenvalue weighted by atomic mass is 9.94. The number of ether oxygens (including phenoxy) is 3. The summed E-state index contributed by atoms with van der Waals surface area (Å²) in [6.07, 6.45) is 0.735. The van der Waals surface area contributed by atoms with Crippen LogP contribution in [0.4, 0.5) is 21.0 Å². The van der Waals surface area contributed by atoms with Crippen molar-refractivity contribution in [1.82, 2.24) is 10.2 Å². The van der Waals surface area contributed by atoms with Crippen LogP contribution in [0.2, 0.25) is 0 Å². The predicted molar refractivity (Wildman–Crippen MR) is 136 cm³/mol. The van der Waals surface area contributed by atoms with E-state index in [2.05, 4.69) is 16.0 Å². The molecule has 0 spiro atoms. The first-order valence-electron chi connectivity index (χ1n) is 11.7. The van der Waals surface area contributed by atoms with Gasteiger partial charge in [0.15, 0.2) is 0 Å². The molecule has 2 aromatic rings. The molecule has 1 aliphatic heterocycles. The molecule has 3 rings (SSSR count). The lowest BCUT2D eigenvalue weighted by Crippen LogP contribution is -2.48. The second-order valence-electron chi connectivity index (χ2n) is 8.02. The Morgan fingerprint density at radius 2 is 1.83 bits per heavy atom. The Balaban J connectivity index is 1.86. The van der Waals surface area contributed by atoms with Crippen molar-refractivity contribution in [2.24, 2.45) is 0 Å². The van der Waals surface area contributed by atoms with Crippen LogP contribution in [0.25, 0.3) is 0 Å². The quantitative estimate of drug-likeness (QED) is 0.435. The maximum absolute atomic E-state index is 12.9. The van der Waals surface area contributed by atoms with Crippen LogP contribution in [0.3, 0.4) is 0 Å². The average molecular weight is 497 g/mol. The average Bonchev–Trinajstić information content (AvgIpc) is 2.86. The molecule has 1 heterocycles. The number of carbonyl (C=O) groups excluding carboxylic acids is 3. The predicted octanol–water partition coefficient (Wildman–Crippen LogP) is 4.66. The summed E-state index contributed by atoms with van der Waals surface area (Å²) in [5.41, 5.74) is 2.47. The van der Waals surface area contributed by atoms with Gasteiger partial charge >= 0.3 is 18.0 Å². The number of anilines is 2. The fourth-order valence-corrected chi connectivity index (χ4v) is 3.98. The number of methoxy groups -OCH3 is 2. The van der Waals surface area contributed by atoms with Crippen LogP contribution in [0.5, 0.6) is 11.5 Å². The van der Waals surface area contributed by atoms with Gasteiger partial charge in [0.05, 0.1) is 38.1 Å². The molecular formula is C26H32N4O6. The fraction of sp³-hybridized carbons (Fsp3) is 0.346. The van der Waals surface area contributed by atoms with Crippen LogP contribution in [0, 0.1) is 0 Å². The van der Waals surface area contributed by atoms with Crippen molar-refractivity contribution in [3.8, 4) is 11.5 Å². The Bertz CT molecular complexity index is 1160. The number of esters is 1. The van der Waals surface area contributed by atoms with E-state index in [9.17, 15) is 14.4 Å². The van der Waals surface area contributed by atoms with Gasteiger partial charge in [0.2, 0.25) is 0 Å². The maximum atomic E-state index is 12.9. The maximum Gasteiger partial charge on any atom is 0.338 e. The van der Waals surface area contributed by atoms with Gasteiger partial charge in [0.1, 0.15) is 11.5 Å². The molecule has 0 saturated carbocycles. The minimum atomic E-state index is -0.726. The van der Waals surface area contributed by atoms with E-state index < -0.39 is 18.0 Å². The van der Waals surface area contributed by atoms with Gasteiger partial charge in [-0.05, 0) is 50.1 Å². The van der Waals surface area contributed by atoms with E-state index in [1.807, 2.05) is 6.92 Å². The standard InChI is InChI=1S/C26H32N4O6/c1-6-13-30-16(3)22(24(31)36-7-2)23(29-26(30)33)17-9-8-10-18(14-17)27-25(32)28-20-12-11-19(34-4)15-21(20)35-5/h8-12,14-15,23H,6-7,13H2,1-5H3,(H,29,33)(H2,27,28,32). The molecular weight excluding hydrogens is 464 g/mol. The van der Waals surface area contributed by atoms with E-state index in [1.54, 1.807) is 68.3 Å². The second-order valence-corrected chi connectivity index (χ2v) is 8.02. The summed E-state index contributed by atoms with van der Waals surface area (Å²) in [5.74, 6) is 0.543. The van der Waals surface area contributed by atoms with E-state index in [4.69, 9.17) is 14.2 Å². The Labute approximate surface area is 210 Å². The first kappa shape index (κ1) is 26.4. The van der Waals surface area contributed by atoms with Crippen LogP contribution in [-0.2, 0) is 9.53 Å². The zero-order chi connectivity index (χ0) is 26.2. The van der Waals surface area contributed by atoms with Gasteiger partial charge in [-0.1, -0.05) is 19.1 Å². The lowest BCUT2D eigenvalue weighted by Gasteiger charge is -2.35. The molecule has 10 nitrogen and oxygen atoms in total. The van der Waals surface area contributed by atoms with Crippen molar-refractivity contribution >= 4 is 29.4 Å². The van der Waals surface area contributed by atoms with Crippen molar-refractivity contribution < 1.29 is 28.6 Å². The second kappa shape index (κ2) is 12.0. The summed E-state index contributed by atoms with van der Waals surface area (Å²) in [7, 11) is 3.04. The highest BCUT2D eigenvalue weighted by Crippen LogP contribution is 2.33. The Hall–Kier alpha value is -4.21. The van der Waals surface area contributed by atoms with E-state index in [0.717, 1.165) is 6.42 Å². The Morgan fingerprint density at radius 3 is 2.50 bits per heavy atom. The third-order valence-corrected chi connectivity index (χ3v) is 5.67. The first-order chi connectivity index (χ1) is 17.3. The van der Waals surface area contributed by atoms with Crippen molar-refractivity contribution in [3.63, 3.8) is 0 Å². The van der Waals surface area contributed by atoms with Crippen LogP contribution in [0.1, 0.15) is 38.8 Å². The van der Waals surface area contributed by atoms with Gasteiger partial charge in [-0.15, -0.1) is 0 Å². The monoisotopic (exact) mass is 496 g/mol. The van der Waals surface area contributed by atoms with E-state index >= 15 is 0 Å². The molecule has 0 aliphatic carbocycles. The van der Waals surface area contributed by atoms with Gasteiger partial charge in [-0.3, -0.25) is 4.90 Å². The van der Waals surface area contributed by atoms with E-state index in [-0.39, 0.29) is 12.6 Å². The van der Waals surface area contributed by atoms with Gasteiger partial charge in [0.25, 0.3) is 0 Å². The molecule has 0 bridgehead atoms. The molecule has 0 fully saturated rings. The van der Waals surface area contributed by atoms with Crippen LogP contribution in [0.15, 0.2) is 53.7 Å². The van der Waals surface area contributed by atoms with E-state index in [1.165, 1.54) is 7.11 Å². The number of amides is 4. The molecule has 0 radical (unpaired) electrons. The number of hydrogen-bond donors (Lipinski definition) is 3. The number of hydrogen-bond acceptors (Lipinski definition) is 6. The first-order valence-corrected chi connectivity index (χ1v) is 11.7. The number of carbonyl (C=O) groups is 3. The molecule has 2 aromatic carbocycles. The molecule has 3 N–H and O–H groups in total. The number of nitrogens with zero attached hydrogens (tertiary/aromatic N) is 1. The van der Waals surface area contributed by atoms with Crippen LogP contribution < -0.4 is 25.4 Å². The summed E-state index contributed by atoms with van der Waals surface area (Å²) in [5, 5.41) is 8.43. The fourth-order valence-electron chi connectivity index (χ4n) is 3.98. The highest BCUT2D eigenvalue weighted by molar-refractivity contribution is 6.01. The third-order valence-electron chi connectivity index (χ3n) is 5.67. The zero-order valence-electron chi connectivity index (χ0n) is 21.1. The molecule has 4 amide bonds. The number of benzene rings is 2. The molecule has 10 heteroatoms. The topological polar surface area (TPSA) is 118 Å². The van der Waals surface area contributed by atoms with Gasteiger partial charge in [-0.2, -0.15) is 0 Å². The molecule has 1 aliphatic rings. The van der Waals surface area contributed by atoms with Crippen molar-refractivity contribution in [1.29, 1.82) is 0 Å². The van der Waals surface area contributed by atoms with Crippen molar-refractivity contribution in [3.05, 3.63) is 59.3 Å². The minimum absolute atomic E-state index is 0.209. The summed E-state index contributed by atoms with van der Waals surface area (Å²) >= 11 is 0. The Morgan fingerprint density at radius 1 is 1.06 bits per heavy atom. The van der Waals surface area contributed by atoms with Crippen molar-refractivity contribution in [2.45, 2.75) is 33.2 Å². The molecule has 36 heavy (non-hydrogen) atoms. The normalized spacial score (nSPS) is 15.2. The van der Waals surface area contributed by atoms with Gasteiger partial charge in [0, 0.05) is 24.0 Å². The molecule has 0 saturated heterocycles. The van der Waals surface area contributed by atoms with Gasteiger partial charge in [-0.25, -0.2) is 14.4 Å². The van der Waals surface area contributed by atoms with E-state index in [0.29, 0.717) is 46.3 Å². The van der Waals surface area contributed by atoms with Crippen LogP contribution in [-0.4, -0.2) is 50.3 Å². The summed E-state index contributed by atoms with van der Waals surface area (Å²) in [4.78, 5) is 39.9. The summed E-state index contributed by atoms with van der Waals surface area (Å²) in [6.45, 7) is 6.11. The summed E-state index contributed by atoms with van der Waals surface area (Å²) in [6, 6.07) is 10.5. The number of allylic oxidation sites excluding steroid dienone is 1. The number of urea groups is 2. The van der Waals surface area contributed by atoms with Crippen molar-refractivity contribution in [2.75, 3.05) is 38.0 Å². The Kier molecular flexibility index (Phi) is 8.77. The third kappa shape index (κ3) is 5.88. The smallest absolute Gasteiger partial charge is 0.338 e. The summed E-state index contributed by atoms with van der Waals surface area (Å²) < 4.78 is 15.8. The lowest BCUT2D eigenvalue weighted by molar-refractivity contribution is -0.139. The largest absolute Gasteiger partial charge is 0.497 e. The molecule has 192 valence electrons. The highest BCUT2D eigenvalue weighted by Gasteiger charge is 2.36. The van der Waals surface area contributed by atoms with Crippen LogP contribution >= 0.6 is 0 Å².